The van der Waals surface area contributed by atoms with E-state index in [-0.39, 0.29) is 0 Å². The molecule has 0 radical (unpaired) electrons. The minimum Gasteiger partial charge on any atom is -0.399 e. The van der Waals surface area contributed by atoms with Crippen LogP contribution in [0, 0.1) is 5.92 Å². The Kier molecular flexibility index (Phi) is 4.20. The van der Waals surface area contributed by atoms with Crippen LogP contribution in [0.5, 0.6) is 0 Å². The topological polar surface area (TPSA) is 63.8 Å². The molecule has 0 aliphatic rings. The van der Waals surface area contributed by atoms with Crippen LogP contribution in [0.25, 0.3) is 10.9 Å². The van der Waals surface area contributed by atoms with E-state index >= 15 is 0 Å². The average Bonchev–Trinajstić information content (AvgIpc) is 2.40. The fourth-order valence-corrected chi connectivity index (χ4v) is 2.52. The molecule has 0 saturated carbocycles. The van der Waals surface area contributed by atoms with Gasteiger partial charge in [0.05, 0.1) is 5.52 Å². The lowest BCUT2D eigenvalue weighted by atomic mass is 9.95. The van der Waals surface area contributed by atoms with Gasteiger partial charge in [0.1, 0.15) is 12.1 Å². The van der Waals surface area contributed by atoms with Crippen LogP contribution in [-0.2, 0) is 0 Å². The van der Waals surface area contributed by atoms with Gasteiger partial charge < -0.3 is 11.1 Å². The molecule has 0 aliphatic heterocycles. The fourth-order valence-electron chi connectivity index (χ4n) is 2.52. The molecular weight excluding hydrogens is 236 g/mol. The van der Waals surface area contributed by atoms with Crippen LogP contribution in [0.4, 0.5) is 11.5 Å². The summed E-state index contributed by atoms with van der Waals surface area (Å²) in [4.78, 5) is 8.63. The number of rotatable bonds is 5. The van der Waals surface area contributed by atoms with Crippen molar-refractivity contribution in [2.45, 2.75) is 39.7 Å². The Labute approximate surface area is 114 Å². The van der Waals surface area contributed by atoms with Gasteiger partial charge in [0.2, 0.25) is 0 Å². The third-order valence-corrected chi connectivity index (χ3v) is 3.78. The standard InChI is InChI=1S/C15H22N4/c1-4-11(5-2)10(3)19-15-13-7-6-12(16)8-14(13)17-9-18-15/h6-11H,4-5,16H2,1-3H3,(H,17,18,19). The van der Waals surface area contributed by atoms with E-state index in [2.05, 4.69) is 36.1 Å². The second-order valence-electron chi connectivity index (χ2n) is 5.01. The van der Waals surface area contributed by atoms with Crippen LogP contribution in [-0.4, -0.2) is 16.0 Å². The number of aromatic nitrogens is 2. The van der Waals surface area contributed by atoms with E-state index in [0.717, 1.165) is 22.4 Å². The molecular formula is C15H22N4. The van der Waals surface area contributed by atoms with E-state index in [1.807, 2.05) is 18.2 Å². The Balaban J connectivity index is 2.30. The minimum atomic E-state index is 0.394. The van der Waals surface area contributed by atoms with Crippen molar-refractivity contribution in [1.29, 1.82) is 0 Å². The number of nitrogens with one attached hydrogen (secondary N) is 1. The summed E-state index contributed by atoms with van der Waals surface area (Å²) >= 11 is 0. The Bertz CT molecular complexity index is 549. The summed E-state index contributed by atoms with van der Waals surface area (Å²) in [6, 6.07) is 6.14. The first kappa shape index (κ1) is 13.6. The van der Waals surface area contributed by atoms with Crippen molar-refractivity contribution in [2.24, 2.45) is 5.92 Å². The Hall–Kier alpha value is -1.84. The van der Waals surface area contributed by atoms with Gasteiger partial charge in [0.25, 0.3) is 0 Å². The van der Waals surface area contributed by atoms with Crippen molar-refractivity contribution >= 4 is 22.4 Å². The van der Waals surface area contributed by atoms with Crippen molar-refractivity contribution < 1.29 is 0 Å². The second kappa shape index (κ2) is 5.87. The summed E-state index contributed by atoms with van der Waals surface area (Å²) in [6.45, 7) is 6.67. The Morgan fingerprint density at radius 3 is 2.63 bits per heavy atom. The molecule has 1 heterocycles. The minimum absolute atomic E-state index is 0.394. The Morgan fingerprint density at radius 2 is 1.95 bits per heavy atom. The second-order valence-corrected chi connectivity index (χ2v) is 5.01. The summed E-state index contributed by atoms with van der Waals surface area (Å²) in [5.41, 5.74) is 7.40. The van der Waals surface area contributed by atoms with Gasteiger partial charge in [0, 0.05) is 17.1 Å². The van der Waals surface area contributed by atoms with Gasteiger partial charge in [-0.25, -0.2) is 9.97 Å². The number of nitrogens with two attached hydrogens (primary N) is 1. The number of fused-ring (bicyclic) bond motifs is 1. The molecule has 0 saturated heterocycles. The van der Waals surface area contributed by atoms with Crippen LogP contribution < -0.4 is 11.1 Å². The number of benzene rings is 1. The van der Waals surface area contributed by atoms with Crippen molar-refractivity contribution in [3.05, 3.63) is 24.5 Å². The van der Waals surface area contributed by atoms with Crippen LogP contribution in [0.3, 0.4) is 0 Å². The SMILES string of the molecule is CCC(CC)C(C)Nc1ncnc2cc(N)ccc12. The van der Waals surface area contributed by atoms with Gasteiger partial charge in [-0.15, -0.1) is 0 Å². The first-order chi connectivity index (χ1) is 9.15. The number of nitrogens with zero attached hydrogens (tertiary/aromatic N) is 2. The van der Waals surface area contributed by atoms with Crippen molar-refractivity contribution in [3.63, 3.8) is 0 Å². The van der Waals surface area contributed by atoms with Crippen LogP contribution in [0.2, 0.25) is 0 Å². The first-order valence-corrected chi connectivity index (χ1v) is 6.92. The van der Waals surface area contributed by atoms with Crippen molar-refractivity contribution in [2.75, 3.05) is 11.1 Å². The van der Waals surface area contributed by atoms with E-state index in [0.29, 0.717) is 12.0 Å². The molecule has 19 heavy (non-hydrogen) atoms. The largest absolute Gasteiger partial charge is 0.399 e. The highest BCUT2D eigenvalue weighted by molar-refractivity contribution is 5.90. The van der Waals surface area contributed by atoms with Gasteiger partial charge in [-0.2, -0.15) is 0 Å². The summed E-state index contributed by atoms with van der Waals surface area (Å²) in [5.74, 6) is 1.54. The molecule has 0 spiro atoms. The molecule has 0 bridgehead atoms. The van der Waals surface area contributed by atoms with Gasteiger partial charge in [-0.1, -0.05) is 26.7 Å². The number of hydrogen-bond donors (Lipinski definition) is 2. The fraction of sp³-hybridized carbons (Fsp3) is 0.467. The summed E-state index contributed by atoms with van der Waals surface area (Å²) in [5, 5.41) is 4.54. The predicted molar refractivity (Wildman–Crippen MR) is 81.1 cm³/mol. The third-order valence-electron chi connectivity index (χ3n) is 3.78. The first-order valence-electron chi connectivity index (χ1n) is 6.92. The highest BCUT2D eigenvalue weighted by atomic mass is 15.0. The van der Waals surface area contributed by atoms with Gasteiger partial charge >= 0.3 is 0 Å². The lowest BCUT2D eigenvalue weighted by Gasteiger charge is -2.23. The molecule has 4 nitrogen and oxygen atoms in total. The normalized spacial score (nSPS) is 12.8. The van der Waals surface area contributed by atoms with E-state index < -0.39 is 0 Å². The molecule has 1 aromatic carbocycles. The molecule has 3 N–H and O–H groups in total. The smallest absolute Gasteiger partial charge is 0.137 e. The van der Waals surface area contributed by atoms with Gasteiger partial charge in [0.15, 0.2) is 0 Å². The zero-order chi connectivity index (χ0) is 13.8. The molecule has 1 aromatic heterocycles. The molecule has 0 amide bonds. The molecule has 2 aromatic rings. The maximum absolute atomic E-state index is 5.79. The van der Waals surface area contributed by atoms with E-state index in [9.17, 15) is 0 Å². The number of nitrogen functional groups attached to an aromatic ring is 1. The lowest BCUT2D eigenvalue weighted by Crippen LogP contribution is -2.25. The molecule has 1 unspecified atom stereocenters. The molecule has 102 valence electrons. The summed E-state index contributed by atoms with van der Waals surface area (Å²) in [7, 11) is 0. The van der Waals surface area contributed by atoms with Gasteiger partial charge in [-0.05, 0) is 31.0 Å². The lowest BCUT2D eigenvalue weighted by molar-refractivity contribution is 0.437. The van der Waals surface area contributed by atoms with Crippen molar-refractivity contribution in [1.82, 2.24) is 9.97 Å². The monoisotopic (exact) mass is 258 g/mol. The summed E-state index contributed by atoms with van der Waals surface area (Å²) < 4.78 is 0. The Morgan fingerprint density at radius 1 is 1.21 bits per heavy atom. The summed E-state index contributed by atoms with van der Waals surface area (Å²) in [6.07, 6.45) is 3.92. The maximum atomic E-state index is 5.79. The zero-order valence-electron chi connectivity index (χ0n) is 11.9. The number of anilines is 2. The maximum Gasteiger partial charge on any atom is 0.137 e. The molecule has 0 fully saturated rings. The van der Waals surface area contributed by atoms with E-state index in [4.69, 9.17) is 5.73 Å². The molecule has 4 heteroatoms. The van der Waals surface area contributed by atoms with E-state index in [1.165, 1.54) is 12.8 Å². The molecule has 2 rings (SSSR count). The van der Waals surface area contributed by atoms with Crippen LogP contribution in [0.1, 0.15) is 33.6 Å². The highest BCUT2D eigenvalue weighted by Gasteiger charge is 2.15. The quantitative estimate of drug-likeness (QED) is 0.806. The highest BCUT2D eigenvalue weighted by Crippen LogP contribution is 2.24. The van der Waals surface area contributed by atoms with Crippen LogP contribution in [0.15, 0.2) is 24.5 Å². The molecule has 1 atom stereocenters. The van der Waals surface area contributed by atoms with E-state index in [1.54, 1.807) is 6.33 Å². The zero-order valence-corrected chi connectivity index (χ0v) is 11.9. The van der Waals surface area contributed by atoms with Gasteiger partial charge in [-0.3, -0.25) is 0 Å². The molecule has 0 aliphatic carbocycles. The average molecular weight is 258 g/mol. The van der Waals surface area contributed by atoms with Crippen LogP contribution >= 0.6 is 0 Å². The van der Waals surface area contributed by atoms with Crippen molar-refractivity contribution in [3.8, 4) is 0 Å². The number of hydrogen-bond acceptors (Lipinski definition) is 4. The predicted octanol–water partition coefficient (Wildman–Crippen LogP) is 3.45. The third kappa shape index (κ3) is 2.95.